The summed E-state index contributed by atoms with van der Waals surface area (Å²) in [5.41, 5.74) is 0.410. The molecule has 0 unspecified atom stereocenters. The number of hydrogen-bond donors (Lipinski definition) is 0. The number of benzene rings is 3. The van der Waals surface area contributed by atoms with Crippen LogP contribution in [0.3, 0.4) is 0 Å². The van der Waals surface area contributed by atoms with Gasteiger partial charge in [-0.25, -0.2) is 9.59 Å². The third-order valence-electron chi connectivity index (χ3n) is 4.13. The lowest BCUT2D eigenvalue weighted by atomic mass is 10.2. The third-order valence-corrected chi connectivity index (χ3v) is 4.13. The van der Waals surface area contributed by atoms with Crippen LogP contribution in [-0.4, -0.2) is 11.9 Å². The van der Waals surface area contributed by atoms with Crippen LogP contribution in [0.15, 0.2) is 94.3 Å². The minimum atomic E-state index is -0.651. The van der Waals surface area contributed by atoms with Gasteiger partial charge < -0.3 is 13.9 Å². The largest absolute Gasteiger partial charge is 0.464 e. The van der Waals surface area contributed by atoms with Gasteiger partial charge in [-0.3, -0.25) is 4.79 Å². The Kier molecular flexibility index (Phi) is 4.90. The summed E-state index contributed by atoms with van der Waals surface area (Å²) in [5.74, 6) is -1.22. The normalized spacial score (nSPS) is 10.5. The fourth-order valence-electron chi connectivity index (χ4n) is 2.77. The third kappa shape index (κ3) is 3.91. The van der Waals surface area contributed by atoms with E-state index < -0.39 is 11.9 Å². The average molecular weight is 386 g/mol. The van der Waals surface area contributed by atoms with Crippen molar-refractivity contribution in [3.63, 3.8) is 0 Å². The molecule has 1 heterocycles. The Morgan fingerprint density at radius 3 is 1.93 bits per heavy atom. The van der Waals surface area contributed by atoms with Crippen molar-refractivity contribution in [1.29, 1.82) is 0 Å². The number of rotatable bonds is 4. The molecule has 4 aromatic rings. The van der Waals surface area contributed by atoms with E-state index in [4.69, 9.17) is 13.9 Å². The zero-order valence-electron chi connectivity index (χ0n) is 15.0. The Bertz CT molecular complexity index is 1240. The van der Waals surface area contributed by atoms with Crippen molar-refractivity contribution in [1.82, 2.24) is 0 Å². The van der Waals surface area contributed by atoms with Crippen LogP contribution in [0.2, 0.25) is 0 Å². The predicted octanol–water partition coefficient (Wildman–Crippen LogP) is 4.23. The minimum Gasteiger partial charge on any atom is -0.464 e. The molecule has 0 saturated heterocycles. The second-order valence-corrected chi connectivity index (χ2v) is 6.09. The fraction of sp³-hybridized carbons (Fsp3) is 0. The van der Waals surface area contributed by atoms with Crippen LogP contribution in [0.5, 0.6) is 11.5 Å². The molecule has 0 bridgehead atoms. The Morgan fingerprint density at radius 2 is 1.31 bits per heavy atom. The second kappa shape index (κ2) is 7.82. The van der Waals surface area contributed by atoms with E-state index in [-0.39, 0.29) is 27.9 Å². The van der Waals surface area contributed by atoms with Crippen molar-refractivity contribution in [2.75, 3.05) is 0 Å². The van der Waals surface area contributed by atoms with E-state index in [1.807, 2.05) is 0 Å². The molecule has 0 aliphatic heterocycles. The Hall–Kier alpha value is -4.19. The minimum absolute atomic E-state index is 0.0541. The van der Waals surface area contributed by atoms with Crippen molar-refractivity contribution in [3.8, 4) is 11.5 Å². The van der Waals surface area contributed by atoms with Gasteiger partial charge in [0.1, 0.15) is 22.5 Å². The van der Waals surface area contributed by atoms with Crippen LogP contribution in [0.4, 0.5) is 0 Å². The number of ether oxygens (including phenoxy) is 2. The van der Waals surface area contributed by atoms with E-state index in [0.717, 1.165) is 0 Å². The highest BCUT2D eigenvalue weighted by atomic mass is 16.5. The number of hydrogen-bond acceptors (Lipinski definition) is 6. The summed E-state index contributed by atoms with van der Waals surface area (Å²) in [5, 5.41) is 0.0799. The summed E-state index contributed by atoms with van der Waals surface area (Å²) in [7, 11) is 0. The van der Waals surface area contributed by atoms with Crippen molar-refractivity contribution < 1.29 is 23.5 Å². The highest BCUT2D eigenvalue weighted by Crippen LogP contribution is 2.30. The average Bonchev–Trinajstić information content (AvgIpc) is 2.75. The Labute approximate surface area is 164 Å². The summed E-state index contributed by atoms with van der Waals surface area (Å²) in [6, 6.07) is 20.7. The van der Waals surface area contributed by atoms with Gasteiger partial charge in [0.05, 0.1) is 17.4 Å². The van der Waals surface area contributed by atoms with E-state index >= 15 is 0 Å². The SMILES string of the molecule is O=C(Oc1cc(OC(=O)c2ccccc2)c2c(=O)ccoc2c1)c1ccccc1. The number of esters is 2. The zero-order chi connectivity index (χ0) is 20.2. The summed E-state index contributed by atoms with van der Waals surface area (Å²) in [6.45, 7) is 0. The van der Waals surface area contributed by atoms with Crippen molar-refractivity contribution in [2.45, 2.75) is 0 Å². The predicted molar refractivity (Wildman–Crippen MR) is 105 cm³/mol. The lowest BCUT2D eigenvalue weighted by Gasteiger charge is -2.10. The molecular weight excluding hydrogens is 372 g/mol. The van der Waals surface area contributed by atoms with Gasteiger partial charge >= 0.3 is 11.9 Å². The molecule has 0 amide bonds. The molecule has 29 heavy (non-hydrogen) atoms. The summed E-state index contributed by atoms with van der Waals surface area (Å²) in [6.07, 6.45) is 1.22. The van der Waals surface area contributed by atoms with Crippen LogP contribution in [0, 0.1) is 0 Å². The van der Waals surface area contributed by atoms with Crippen LogP contribution < -0.4 is 14.9 Å². The lowest BCUT2D eigenvalue weighted by Crippen LogP contribution is -2.12. The first-order valence-electron chi connectivity index (χ1n) is 8.72. The van der Waals surface area contributed by atoms with E-state index in [1.54, 1.807) is 60.7 Å². The maximum Gasteiger partial charge on any atom is 0.343 e. The molecule has 0 radical (unpaired) electrons. The van der Waals surface area contributed by atoms with Crippen molar-refractivity contribution >= 4 is 22.9 Å². The van der Waals surface area contributed by atoms with Gasteiger partial charge in [-0.1, -0.05) is 36.4 Å². The maximum atomic E-state index is 12.5. The van der Waals surface area contributed by atoms with Gasteiger partial charge in [0.2, 0.25) is 0 Å². The molecule has 142 valence electrons. The molecule has 6 heteroatoms. The van der Waals surface area contributed by atoms with Crippen LogP contribution in [0.1, 0.15) is 20.7 Å². The first kappa shape index (κ1) is 18.2. The second-order valence-electron chi connectivity index (χ2n) is 6.09. The molecule has 0 spiro atoms. The zero-order valence-corrected chi connectivity index (χ0v) is 15.0. The molecule has 0 N–H and O–H groups in total. The van der Waals surface area contributed by atoms with Gasteiger partial charge in [-0.2, -0.15) is 0 Å². The Morgan fingerprint density at radius 1 is 0.724 bits per heavy atom. The summed E-state index contributed by atoms with van der Waals surface area (Å²) in [4.78, 5) is 37.1. The smallest absolute Gasteiger partial charge is 0.343 e. The molecule has 0 aliphatic rings. The van der Waals surface area contributed by atoms with Gasteiger partial charge in [0.25, 0.3) is 0 Å². The molecule has 1 aromatic heterocycles. The van der Waals surface area contributed by atoms with Crippen molar-refractivity contribution in [2.24, 2.45) is 0 Å². The summed E-state index contributed by atoms with van der Waals surface area (Å²) >= 11 is 0. The first-order valence-corrected chi connectivity index (χ1v) is 8.72. The maximum absolute atomic E-state index is 12.5. The van der Waals surface area contributed by atoms with E-state index in [2.05, 4.69) is 0 Å². The number of fused-ring (bicyclic) bond motifs is 1. The van der Waals surface area contributed by atoms with Crippen LogP contribution in [0.25, 0.3) is 11.0 Å². The van der Waals surface area contributed by atoms with Crippen molar-refractivity contribution in [3.05, 3.63) is 106 Å². The topological polar surface area (TPSA) is 82.8 Å². The van der Waals surface area contributed by atoms with Gasteiger partial charge in [0.15, 0.2) is 5.43 Å². The van der Waals surface area contributed by atoms with E-state index in [1.165, 1.54) is 24.5 Å². The fourth-order valence-corrected chi connectivity index (χ4v) is 2.77. The molecule has 3 aromatic carbocycles. The molecule has 0 fully saturated rings. The van der Waals surface area contributed by atoms with Gasteiger partial charge in [-0.15, -0.1) is 0 Å². The van der Waals surface area contributed by atoms with Gasteiger partial charge in [-0.05, 0) is 24.3 Å². The molecule has 4 rings (SSSR count). The standard InChI is InChI=1S/C23H14O6/c24-18-11-12-27-19-13-17(28-22(25)15-7-3-1-4-8-15)14-20(21(18)19)29-23(26)16-9-5-2-6-10-16/h1-14H. The Balaban J connectivity index is 1.73. The highest BCUT2D eigenvalue weighted by molar-refractivity contribution is 5.95. The monoisotopic (exact) mass is 386 g/mol. The highest BCUT2D eigenvalue weighted by Gasteiger charge is 2.17. The molecule has 0 saturated carbocycles. The number of carbonyl (C=O) groups excluding carboxylic acids is 2. The molecule has 0 atom stereocenters. The van der Waals surface area contributed by atoms with E-state index in [0.29, 0.717) is 11.1 Å². The molecular formula is C23H14O6. The first-order chi connectivity index (χ1) is 14.1. The number of carbonyl (C=O) groups is 2. The molecule has 0 aliphatic carbocycles. The van der Waals surface area contributed by atoms with Gasteiger partial charge in [0, 0.05) is 18.2 Å². The quantitative estimate of drug-likeness (QED) is 0.386. The molecule has 6 nitrogen and oxygen atoms in total. The van der Waals surface area contributed by atoms with E-state index in [9.17, 15) is 14.4 Å². The lowest BCUT2D eigenvalue weighted by molar-refractivity contribution is 0.0734. The summed E-state index contributed by atoms with van der Waals surface area (Å²) < 4.78 is 16.2. The van der Waals surface area contributed by atoms with Crippen LogP contribution >= 0.6 is 0 Å². The van der Waals surface area contributed by atoms with Crippen LogP contribution in [-0.2, 0) is 0 Å².